The Morgan fingerprint density at radius 1 is 1.46 bits per heavy atom. The van der Waals surface area contributed by atoms with E-state index >= 15 is 0 Å². The molecule has 0 rings (SSSR count). The minimum Gasteiger partial charge on any atom is -0.409 e. The van der Waals surface area contributed by atoms with E-state index in [9.17, 15) is 0 Å². The number of rotatable bonds is 6. The van der Waals surface area contributed by atoms with Crippen molar-refractivity contribution in [1.29, 1.82) is 0 Å². The Kier molecular flexibility index (Phi) is 6.32. The van der Waals surface area contributed by atoms with Gasteiger partial charge < -0.3 is 16.3 Å². The fourth-order valence-corrected chi connectivity index (χ4v) is 1.34. The first kappa shape index (κ1) is 12.2. The molecular weight excluding hydrogens is 166 g/mol. The molecule has 0 aromatic carbocycles. The van der Waals surface area contributed by atoms with Crippen molar-refractivity contribution in [3.05, 3.63) is 0 Å². The zero-order chi connectivity index (χ0) is 10.3. The standard InChI is InChI=1S/C9H21N3O/c1-4-8(5-2)11-7(3)6-9(10)12-13/h7-8,11,13H,4-6H2,1-3H3,(H2,10,12). The monoisotopic (exact) mass is 187 g/mol. The maximum Gasteiger partial charge on any atom is 0.140 e. The lowest BCUT2D eigenvalue weighted by Gasteiger charge is -2.20. The van der Waals surface area contributed by atoms with Crippen LogP contribution in [0.4, 0.5) is 0 Å². The Morgan fingerprint density at radius 2 is 2.00 bits per heavy atom. The van der Waals surface area contributed by atoms with Crippen LogP contribution in [0.2, 0.25) is 0 Å². The molecule has 0 aliphatic rings. The molecule has 1 atom stereocenters. The van der Waals surface area contributed by atoms with E-state index in [0.717, 1.165) is 12.8 Å². The normalized spacial score (nSPS) is 14.9. The average molecular weight is 187 g/mol. The first-order valence-electron chi connectivity index (χ1n) is 4.86. The first-order valence-corrected chi connectivity index (χ1v) is 4.86. The number of nitrogens with two attached hydrogens (primary N) is 1. The molecule has 0 saturated carbocycles. The van der Waals surface area contributed by atoms with Crippen molar-refractivity contribution < 1.29 is 5.21 Å². The first-order chi connectivity index (χ1) is 6.13. The summed E-state index contributed by atoms with van der Waals surface area (Å²) in [6.07, 6.45) is 2.81. The third-order valence-electron chi connectivity index (χ3n) is 2.15. The van der Waals surface area contributed by atoms with Gasteiger partial charge in [-0.05, 0) is 19.8 Å². The van der Waals surface area contributed by atoms with Crippen LogP contribution in [0, 0.1) is 0 Å². The summed E-state index contributed by atoms with van der Waals surface area (Å²) in [5, 5.41) is 14.7. The Hall–Kier alpha value is -0.770. The van der Waals surface area contributed by atoms with E-state index in [0.29, 0.717) is 12.5 Å². The molecule has 0 aliphatic heterocycles. The van der Waals surface area contributed by atoms with Gasteiger partial charge >= 0.3 is 0 Å². The molecule has 0 heterocycles. The van der Waals surface area contributed by atoms with Crippen LogP contribution < -0.4 is 11.1 Å². The van der Waals surface area contributed by atoms with Crippen LogP contribution in [0.1, 0.15) is 40.0 Å². The second kappa shape index (κ2) is 6.71. The smallest absolute Gasteiger partial charge is 0.140 e. The number of oxime groups is 1. The molecule has 0 aromatic heterocycles. The van der Waals surface area contributed by atoms with Gasteiger partial charge in [0.25, 0.3) is 0 Å². The second-order valence-electron chi connectivity index (χ2n) is 3.38. The van der Waals surface area contributed by atoms with Gasteiger partial charge in [0.2, 0.25) is 0 Å². The summed E-state index contributed by atoms with van der Waals surface area (Å²) in [4.78, 5) is 0. The summed E-state index contributed by atoms with van der Waals surface area (Å²) in [5.74, 6) is 0.283. The molecular formula is C9H21N3O. The van der Waals surface area contributed by atoms with Crippen molar-refractivity contribution in [2.24, 2.45) is 10.9 Å². The van der Waals surface area contributed by atoms with Crippen molar-refractivity contribution in [3.63, 3.8) is 0 Å². The van der Waals surface area contributed by atoms with Crippen molar-refractivity contribution >= 4 is 5.84 Å². The predicted octanol–water partition coefficient (Wildman–Crippen LogP) is 1.29. The number of nitrogens with zero attached hydrogens (tertiary/aromatic N) is 1. The third-order valence-corrected chi connectivity index (χ3v) is 2.15. The van der Waals surface area contributed by atoms with E-state index in [1.807, 2.05) is 6.92 Å². The van der Waals surface area contributed by atoms with Crippen LogP contribution in [0.15, 0.2) is 5.16 Å². The minimum atomic E-state index is 0.265. The highest BCUT2D eigenvalue weighted by Gasteiger charge is 2.09. The molecule has 4 N–H and O–H groups in total. The second-order valence-corrected chi connectivity index (χ2v) is 3.38. The summed E-state index contributed by atoms with van der Waals surface area (Å²) >= 11 is 0. The molecule has 0 radical (unpaired) electrons. The van der Waals surface area contributed by atoms with Gasteiger partial charge in [-0.1, -0.05) is 19.0 Å². The zero-order valence-electron chi connectivity index (χ0n) is 8.75. The molecule has 0 spiro atoms. The molecule has 4 nitrogen and oxygen atoms in total. The minimum absolute atomic E-state index is 0.265. The number of hydrogen-bond donors (Lipinski definition) is 3. The van der Waals surface area contributed by atoms with Crippen LogP contribution in [0.25, 0.3) is 0 Å². The van der Waals surface area contributed by atoms with Crippen molar-refractivity contribution in [1.82, 2.24) is 5.32 Å². The van der Waals surface area contributed by atoms with Crippen molar-refractivity contribution in [2.75, 3.05) is 0 Å². The van der Waals surface area contributed by atoms with E-state index in [1.165, 1.54) is 0 Å². The molecule has 78 valence electrons. The lowest BCUT2D eigenvalue weighted by molar-refractivity contribution is 0.315. The summed E-state index contributed by atoms with van der Waals surface area (Å²) in [7, 11) is 0. The maximum atomic E-state index is 8.37. The molecule has 0 bridgehead atoms. The highest BCUT2D eigenvalue weighted by molar-refractivity contribution is 5.80. The Labute approximate surface area is 80.2 Å². The molecule has 13 heavy (non-hydrogen) atoms. The fourth-order valence-electron chi connectivity index (χ4n) is 1.34. The van der Waals surface area contributed by atoms with Crippen molar-refractivity contribution in [3.8, 4) is 0 Å². The molecule has 4 heteroatoms. The fraction of sp³-hybridized carbons (Fsp3) is 0.889. The van der Waals surface area contributed by atoms with Crippen LogP contribution >= 0.6 is 0 Å². The van der Waals surface area contributed by atoms with E-state index in [1.54, 1.807) is 0 Å². The number of nitrogens with one attached hydrogen (secondary N) is 1. The summed E-state index contributed by atoms with van der Waals surface area (Å²) in [6.45, 7) is 6.34. The summed E-state index contributed by atoms with van der Waals surface area (Å²) < 4.78 is 0. The van der Waals surface area contributed by atoms with E-state index in [2.05, 4.69) is 24.3 Å². The molecule has 0 fully saturated rings. The highest BCUT2D eigenvalue weighted by atomic mass is 16.4. The molecule has 1 unspecified atom stereocenters. The summed E-state index contributed by atoms with van der Waals surface area (Å²) in [5.41, 5.74) is 5.39. The van der Waals surface area contributed by atoms with Gasteiger partial charge in [0.15, 0.2) is 0 Å². The van der Waals surface area contributed by atoms with Gasteiger partial charge in [-0.15, -0.1) is 0 Å². The van der Waals surface area contributed by atoms with Gasteiger partial charge in [0, 0.05) is 18.5 Å². The number of hydrogen-bond acceptors (Lipinski definition) is 3. The Bertz CT molecular complexity index is 155. The lowest BCUT2D eigenvalue weighted by Crippen LogP contribution is -2.38. The van der Waals surface area contributed by atoms with Gasteiger partial charge in [-0.3, -0.25) is 0 Å². The van der Waals surface area contributed by atoms with E-state index < -0.39 is 0 Å². The summed E-state index contributed by atoms with van der Waals surface area (Å²) in [6, 6.07) is 0.794. The van der Waals surface area contributed by atoms with Gasteiger partial charge in [-0.2, -0.15) is 0 Å². The van der Waals surface area contributed by atoms with E-state index in [4.69, 9.17) is 10.9 Å². The topological polar surface area (TPSA) is 70.6 Å². The van der Waals surface area contributed by atoms with Crippen molar-refractivity contribution in [2.45, 2.75) is 52.1 Å². The molecule has 0 saturated heterocycles. The molecule has 0 amide bonds. The van der Waals surface area contributed by atoms with Gasteiger partial charge in [0.05, 0.1) is 0 Å². The van der Waals surface area contributed by atoms with E-state index in [-0.39, 0.29) is 11.9 Å². The van der Waals surface area contributed by atoms with Gasteiger partial charge in [-0.25, -0.2) is 0 Å². The average Bonchev–Trinajstić information content (AvgIpc) is 2.13. The van der Waals surface area contributed by atoms with Crippen LogP contribution in [0.5, 0.6) is 0 Å². The Balaban J connectivity index is 3.78. The SMILES string of the molecule is CCC(CC)NC(C)CC(N)=NO. The largest absolute Gasteiger partial charge is 0.409 e. The zero-order valence-corrected chi connectivity index (χ0v) is 8.75. The molecule has 0 aromatic rings. The number of amidine groups is 1. The Morgan fingerprint density at radius 3 is 2.38 bits per heavy atom. The predicted molar refractivity (Wildman–Crippen MR) is 55.0 cm³/mol. The van der Waals surface area contributed by atoms with Crippen LogP contribution in [0.3, 0.4) is 0 Å². The van der Waals surface area contributed by atoms with Crippen LogP contribution in [-0.4, -0.2) is 23.1 Å². The van der Waals surface area contributed by atoms with Crippen LogP contribution in [-0.2, 0) is 0 Å². The lowest BCUT2D eigenvalue weighted by atomic mass is 10.1. The quantitative estimate of drug-likeness (QED) is 0.254. The van der Waals surface area contributed by atoms with Gasteiger partial charge in [0.1, 0.15) is 5.84 Å². The maximum absolute atomic E-state index is 8.37. The highest BCUT2D eigenvalue weighted by Crippen LogP contribution is 2.00. The third kappa shape index (κ3) is 5.47. The molecule has 0 aliphatic carbocycles.